The van der Waals surface area contributed by atoms with E-state index >= 15 is 0 Å². The molecule has 2 saturated carbocycles. The van der Waals surface area contributed by atoms with E-state index in [1.54, 1.807) is 24.8 Å². The van der Waals surface area contributed by atoms with Crippen LogP contribution in [-0.2, 0) is 26.2 Å². The lowest BCUT2D eigenvalue weighted by Crippen LogP contribution is -2.69. The second-order valence-electron chi connectivity index (χ2n) is 11.2. The summed E-state index contributed by atoms with van der Waals surface area (Å²) in [6.45, 7) is 2.18. The molecule has 2 heterocycles. The zero-order chi connectivity index (χ0) is 24.5. The molecule has 0 aromatic heterocycles. The van der Waals surface area contributed by atoms with Gasteiger partial charge in [-0.1, -0.05) is 6.07 Å². The average Bonchev–Trinajstić information content (AvgIpc) is 3.58. The van der Waals surface area contributed by atoms with E-state index in [4.69, 9.17) is 14.6 Å². The van der Waals surface area contributed by atoms with Gasteiger partial charge in [0.2, 0.25) is 0 Å². The first-order chi connectivity index (χ1) is 16.8. The lowest BCUT2D eigenvalue weighted by Gasteiger charge is -2.60. The SMILES string of the molecule is COC1C(C=[N+](C)C(=O)CCC(=O)O)CC2C3Cc4ccc(O)c5c4C2(CCN3CC2CC2)C1O5. The molecule has 0 radical (unpaired) electrons. The highest BCUT2D eigenvalue weighted by Gasteiger charge is 2.68. The number of hydrogen-bond donors (Lipinski definition) is 2. The van der Waals surface area contributed by atoms with Gasteiger partial charge in [-0.25, -0.2) is 4.79 Å². The molecule has 1 aromatic rings. The summed E-state index contributed by atoms with van der Waals surface area (Å²) in [5, 5.41) is 19.7. The lowest BCUT2D eigenvalue weighted by molar-refractivity contribution is -0.418. The number of carboxylic acid groups (broad SMARTS) is 1. The smallest absolute Gasteiger partial charge is 0.386 e. The summed E-state index contributed by atoms with van der Waals surface area (Å²) in [7, 11) is 3.40. The van der Waals surface area contributed by atoms with Crippen LogP contribution in [0.15, 0.2) is 12.1 Å². The average molecular weight is 484 g/mol. The fraction of sp³-hybridized carbons (Fsp3) is 0.667. The number of phenols is 1. The van der Waals surface area contributed by atoms with E-state index < -0.39 is 5.97 Å². The van der Waals surface area contributed by atoms with Gasteiger partial charge in [-0.3, -0.25) is 9.69 Å². The number of ether oxygens (including phenoxy) is 2. The summed E-state index contributed by atoms with van der Waals surface area (Å²) in [5.74, 6) is 0.736. The van der Waals surface area contributed by atoms with E-state index in [1.165, 1.54) is 24.0 Å². The van der Waals surface area contributed by atoms with Crippen molar-refractivity contribution in [1.82, 2.24) is 4.90 Å². The summed E-state index contributed by atoms with van der Waals surface area (Å²) in [4.78, 5) is 26.3. The highest BCUT2D eigenvalue weighted by atomic mass is 16.5. The Balaban J connectivity index is 1.39. The highest BCUT2D eigenvalue weighted by molar-refractivity contribution is 5.78. The Kier molecular flexibility index (Phi) is 5.45. The Morgan fingerprint density at radius 2 is 2.11 bits per heavy atom. The molecule has 8 nitrogen and oxygen atoms in total. The lowest BCUT2D eigenvalue weighted by atomic mass is 9.49. The number of nitrogens with zero attached hydrogens (tertiary/aromatic N) is 2. The Labute approximate surface area is 205 Å². The molecule has 35 heavy (non-hydrogen) atoms. The van der Waals surface area contributed by atoms with Crippen molar-refractivity contribution in [2.45, 2.75) is 68.6 Å². The minimum atomic E-state index is -0.973. The van der Waals surface area contributed by atoms with Gasteiger partial charge >= 0.3 is 11.9 Å². The highest BCUT2D eigenvalue weighted by Crippen LogP contribution is 2.64. The van der Waals surface area contributed by atoms with Crippen LogP contribution in [0.2, 0.25) is 0 Å². The third kappa shape index (κ3) is 3.51. The maximum atomic E-state index is 12.6. The number of phenolic OH excluding ortho intramolecular Hbond substituents is 1. The third-order valence-corrected chi connectivity index (χ3v) is 9.35. The predicted octanol–water partition coefficient (Wildman–Crippen LogP) is 2.19. The maximum Gasteiger partial charge on any atom is 0.386 e. The van der Waals surface area contributed by atoms with Crippen LogP contribution in [0, 0.1) is 17.8 Å². The van der Waals surface area contributed by atoms with Gasteiger partial charge in [0.25, 0.3) is 0 Å². The Hall–Kier alpha value is -2.45. The minimum Gasteiger partial charge on any atom is -0.504 e. The number of carbonyl (C=O) groups is 2. The van der Waals surface area contributed by atoms with Crippen LogP contribution >= 0.6 is 0 Å². The second kappa shape index (κ2) is 8.30. The number of aliphatic carboxylic acids is 1. The predicted molar refractivity (Wildman–Crippen MR) is 127 cm³/mol. The molecule has 188 valence electrons. The van der Waals surface area contributed by atoms with Crippen LogP contribution in [-0.4, -0.2) is 83.3 Å². The molecular weight excluding hydrogens is 448 g/mol. The van der Waals surface area contributed by atoms with Crippen molar-refractivity contribution in [1.29, 1.82) is 0 Å². The van der Waals surface area contributed by atoms with E-state index in [9.17, 15) is 14.7 Å². The molecule has 5 aliphatic rings. The van der Waals surface area contributed by atoms with Crippen molar-refractivity contribution >= 4 is 18.1 Å². The number of amides is 1. The summed E-state index contributed by atoms with van der Waals surface area (Å²) >= 11 is 0. The van der Waals surface area contributed by atoms with Gasteiger partial charge in [-0.2, -0.15) is 4.58 Å². The van der Waals surface area contributed by atoms with Gasteiger partial charge in [-0.05, 0) is 62.1 Å². The molecule has 3 fully saturated rings. The molecule has 6 rings (SSSR count). The van der Waals surface area contributed by atoms with Crippen molar-refractivity contribution < 1.29 is 33.9 Å². The zero-order valence-electron chi connectivity index (χ0n) is 20.5. The number of benzene rings is 1. The van der Waals surface area contributed by atoms with Crippen LogP contribution in [0.4, 0.5) is 0 Å². The Morgan fingerprint density at radius 1 is 1.31 bits per heavy atom. The van der Waals surface area contributed by atoms with Gasteiger partial charge in [-0.15, -0.1) is 0 Å². The van der Waals surface area contributed by atoms with Crippen LogP contribution in [0.3, 0.4) is 0 Å². The number of piperidine rings is 1. The van der Waals surface area contributed by atoms with E-state index in [-0.39, 0.29) is 48.0 Å². The minimum absolute atomic E-state index is 0.0273. The monoisotopic (exact) mass is 483 g/mol. The van der Waals surface area contributed by atoms with Crippen molar-refractivity contribution in [3.05, 3.63) is 23.3 Å². The summed E-state index contributed by atoms with van der Waals surface area (Å²) in [5.41, 5.74) is 2.30. The summed E-state index contributed by atoms with van der Waals surface area (Å²) < 4.78 is 14.2. The number of carbonyl (C=O) groups excluding carboxylic acids is 1. The van der Waals surface area contributed by atoms with Crippen molar-refractivity contribution in [3.8, 4) is 11.5 Å². The van der Waals surface area contributed by atoms with Gasteiger partial charge in [0.1, 0.15) is 19.3 Å². The van der Waals surface area contributed by atoms with Crippen molar-refractivity contribution in [3.63, 3.8) is 0 Å². The van der Waals surface area contributed by atoms with Gasteiger partial charge in [0, 0.05) is 30.7 Å². The summed E-state index contributed by atoms with van der Waals surface area (Å²) in [6.07, 6.45) is 6.67. The molecule has 2 N–H and O–H groups in total. The van der Waals surface area contributed by atoms with Crippen molar-refractivity contribution in [2.24, 2.45) is 17.8 Å². The molecule has 3 aliphatic carbocycles. The molecule has 1 spiro atoms. The first-order valence-electron chi connectivity index (χ1n) is 12.9. The van der Waals surface area contributed by atoms with Gasteiger partial charge < -0.3 is 19.7 Å². The topological polar surface area (TPSA) is 99.3 Å². The molecule has 6 atom stereocenters. The third-order valence-electron chi connectivity index (χ3n) is 9.35. The molecular formula is C27H35N2O6+. The normalized spacial score (nSPS) is 35.4. The molecule has 2 aliphatic heterocycles. The molecule has 6 unspecified atom stereocenters. The van der Waals surface area contributed by atoms with Crippen molar-refractivity contribution in [2.75, 3.05) is 27.2 Å². The number of rotatable bonds is 7. The first kappa shape index (κ1) is 23.0. The fourth-order valence-electron chi connectivity index (χ4n) is 7.67. The molecule has 1 amide bonds. The van der Waals surface area contributed by atoms with E-state index in [0.29, 0.717) is 17.7 Å². The summed E-state index contributed by atoms with van der Waals surface area (Å²) in [6, 6.07) is 4.25. The maximum absolute atomic E-state index is 12.6. The van der Waals surface area contributed by atoms with Crippen LogP contribution in [0.5, 0.6) is 11.5 Å². The van der Waals surface area contributed by atoms with E-state index in [0.717, 1.165) is 38.3 Å². The number of methoxy groups -OCH3 is 1. The quantitative estimate of drug-likeness (QED) is 0.453. The number of aromatic hydroxyl groups is 1. The first-order valence-corrected chi connectivity index (χ1v) is 12.9. The molecule has 8 heteroatoms. The van der Waals surface area contributed by atoms with E-state index in [2.05, 4.69) is 11.0 Å². The molecule has 1 aromatic carbocycles. The van der Waals surface area contributed by atoms with Crippen LogP contribution < -0.4 is 4.74 Å². The van der Waals surface area contributed by atoms with Crippen LogP contribution in [0.1, 0.15) is 49.7 Å². The Bertz CT molecular complexity index is 1100. The van der Waals surface area contributed by atoms with Gasteiger partial charge in [0.15, 0.2) is 17.7 Å². The standard InChI is InChI=1S/C27H34N2O6/c1-28(21(31)7-8-22(32)33)14-17-11-18-19-12-16-5-6-20(30)25-23(16)27(18,26(35-25)24(17)34-2)9-10-29(19)13-15-3-4-15/h5-6,14-15,17-19,24,26H,3-4,7-13H2,1-2H3,(H-,30,32,33)/p+1. The van der Waals surface area contributed by atoms with Gasteiger partial charge in [0.05, 0.1) is 18.8 Å². The van der Waals surface area contributed by atoms with Crippen LogP contribution in [0.25, 0.3) is 0 Å². The number of hydrogen-bond acceptors (Lipinski definition) is 6. The second-order valence-corrected chi connectivity index (χ2v) is 11.2. The largest absolute Gasteiger partial charge is 0.504 e. The molecule has 1 saturated heterocycles. The zero-order valence-corrected chi connectivity index (χ0v) is 20.5. The Morgan fingerprint density at radius 3 is 2.83 bits per heavy atom. The number of likely N-dealkylation sites (tertiary alicyclic amines) is 1. The van der Waals surface area contributed by atoms with E-state index in [1.807, 2.05) is 6.21 Å². The fourth-order valence-corrected chi connectivity index (χ4v) is 7.67. The number of carboxylic acids is 1. The molecule has 2 bridgehead atoms.